The lowest BCUT2D eigenvalue weighted by atomic mass is 10.1. The van der Waals surface area contributed by atoms with E-state index in [0.717, 1.165) is 0 Å². The fourth-order valence-electron chi connectivity index (χ4n) is 0.561. The summed E-state index contributed by atoms with van der Waals surface area (Å²) in [6.45, 7) is -0.787. The molecule has 0 saturated carbocycles. The summed E-state index contributed by atoms with van der Waals surface area (Å²) in [5.74, 6) is -1.35. The minimum absolute atomic E-state index is 0.314. The molecule has 0 aliphatic carbocycles. The number of carbonyl (C=O) groups is 1. The first-order valence-electron chi connectivity index (χ1n) is 3.29. The Morgan fingerprint density at radius 2 is 1.83 bits per heavy atom. The molecule has 0 rings (SSSR count). The lowest BCUT2D eigenvalue weighted by molar-refractivity contribution is -0.142. The highest BCUT2D eigenvalue weighted by atomic mass is 35.5. The van der Waals surface area contributed by atoms with Crippen molar-refractivity contribution in [2.75, 3.05) is 12.5 Å². The molecule has 0 radical (unpaired) electrons. The van der Waals surface area contributed by atoms with E-state index in [9.17, 15) is 4.79 Å². The van der Waals surface area contributed by atoms with E-state index < -0.39 is 30.7 Å². The van der Waals surface area contributed by atoms with Gasteiger partial charge in [0.05, 0.1) is 12.5 Å². The van der Waals surface area contributed by atoms with Crippen LogP contribution in [0.2, 0.25) is 0 Å². The molecule has 0 saturated heterocycles. The van der Waals surface area contributed by atoms with Gasteiger partial charge in [-0.2, -0.15) is 0 Å². The molecule has 0 bridgehead atoms. The highest BCUT2D eigenvalue weighted by Gasteiger charge is 2.28. The third kappa shape index (κ3) is 3.04. The number of aliphatic hydroxyl groups is 4. The molecule has 0 aliphatic rings. The van der Waals surface area contributed by atoms with Gasteiger partial charge in [0, 0.05) is 0 Å². The maximum Gasteiger partial charge on any atom is 0.194 e. The Labute approximate surface area is 74.2 Å². The van der Waals surface area contributed by atoms with E-state index >= 15 is 0 Å². The van der Waals surface area contributed by atoms with Gasteiger partial charge in [0.2, 0.25) is 0 Å². The minimum Gasteiger partial charge on any atom is -0.393 e. The van der Waals surface area contributed by atoms with Gasteiger partial charge in [-0.25, -0.2) is 0 Å². The largest absolute Gasteiger partial charge is 0.393 e. The Morgan fingerprint density at radius 1 is 1.33 bits per heavy atom. The zero-order valence-corrected chi connectivity index (χ0v) is 6.98. The molecule has 12 heavy (non-hydrogen) atoms. The van der Waals surface area contributed by atoms with Crippen LogP contribution in [0.3, 0.4) is 0 Å². The number of hydrogen-bond acceptors (Lipinski definition) is 5. The van der Waals surface area contributed by atoms with Crippen LogP contribution in [0.15, 0.2) is 0 Å². The van der Waals surface area contributed by atoms with E-state index in [4.69, 9.17) is 32.0 Å². The standard InChI is InChI=1S/C6H11ClO5/c7-1-3(9)5(11)6(12)4(10)2-8/h3-5,8-11H,1-2H2. The second-order valence-electron chi connectivity index (χ2n) is 2.27. The minimum atomic E-state index is -1.75. The first-order chi connectivity index (χ1) is 5.54. The predicted molar refractivity (Wildman–Crippen MR) is 40.8 cm³/mol. The Balaban J connectivity index is 4.09. The summed E-state index contributed by atoms with van der Waals surface area (Å²) in [4.78, 5) is 10.8. The maximum atomic E-state index is 10.8. The molecule has 0 heterocycles. The van der Waals surface area contributed by atoms with E-state index in [0.29, 0.717) is 0 Å². The first kappa shape index (κ1) is 11.8. The van der Waals surface area contributed by atoms with E-state index in [-0.39, 0.29) is 5.88 Å². The molecule has 4 N–H and O–H groups in total. The lowest BCUT2D eigenvalue weighted by Gasteiger charge is -2.16. The van der Waals surface area contributed by atoms with Crippen LogP contribution >= 0.6 is 11.6 Å². The van der Waals surface area contributed by atoms with Gasteiger partial charge in [-0.05, 0) is 0 Å². The SMILES string of the molecule is O=C(C(O)CO)C(O)C(O)CCl. The second kappa shape index (κ2) is 5.45. The molecule has 3 atom stereocenters. The van der Waals surface area contributed by atoms with Crippen molar-refractivity contribution < 1.29 is 25.2 Å². The number of alkyl halides is 1. The summed E-state index contributed by atoms with van der Waals surface area (Å²) in [5, 5.41) is 34.8. The molecule has 0 aromatic carbocycles. The van der Waals surface area contributed by atoms with Crippen LogP contribution in [0.25, 0.3) is 0 Å². The van der Waals surface area contributed by atoms with Crippen molar-refractivity contribution in [2.45, 2.75) is 18.3 Å². The van der Waals surface area contributed by atoms with Crippen molar-refractivity contribution in [3.63, 3.8) is 0 Å². The van der Waals surface area contributed by atoms with Crippen molar-refractivity contribution in [3.05, 3.63) is 0 Å². The van der Waals surface area contributed by atoms with Gasteiger partial charge in [-0.15, -0.1) is 11.6 Å². The van der Waals surface area contributed by atoms with Crippen LogP contribution in [0.4, 0.5) is 0 Å². The van der Waals surface area contributed by atoms with E-state index in [1.165, 1.54) is 0 Å². The zero-order chi connectivity index (χ0) is 9.72. The summed E-state index contributed by atoms with van der Waals surface area (Å²) in [5.41, 5.74) is 0. The summed E-state index contributed by atoms with van der Waals surface area (Å²) >= 11 is 5.13. The Morgan fingerprint density at radius 3 is 2.17 bits per heavy atom. The van der Waals surface area contributed by atoms with Gasteiger partial charge in [-0.1, -0.05) is 0 Å². The molecule has 0 aliphatic heterocycles. The molecule has 72 valence electrons. The Hall–Kier alpha value is -0.200. The molecule has 5 nitrogen and oxygen atoms in total. The van der Waals surface area contributed by atoms with Crippen LogP contribution in [0.5, 0.6) is 0 Å². The molecule has 0 aromatic heterocycles. The van der Waals surface area contributed by atoms with Crippen molar-refractivity contribution in [3.8, 4) is 0 Å². The Bertz CT molecular complexity index is 151. The third-order valence-corrected chi connectivity index (χ3v) is 1.63. The van der Waals surface area contributed by atoms with Gasteiger partial charge in [-0.3, -0.25) is 4.79 Å². The number of Topliss-reactive ketones (excluding diaryl/α,β-unsaturated/α-hetero) is 1. The summed E-state index contributed by atoms with van der Waals surface area (Å²) < 4.78 is 0. The normalized spacial score (nSPS) is 18.4. The number of carbonyl (C=O) groups excluding carboxylic acids is 1. The van der Waals surface area contributed by atoms with Crippen molar-refractivity contribution in [2.24, 2.45) is 0 Å². The quantitative estimate of drug-likeness (QED) is 0.379. The molecule has 0 amide bonds. The predicted octanol–water partition coefficient (Wildman–Crippen LogP) is -2.13. The molecular weight excluding hydrogens is 188 g/mol. The highest BCUT2D eigenvalue weighted by molar-refractivity contribution is 6.18. The topological polar surface area (TPSA) is 98.0 Å². The smallest absolute Gasteiger partial charge is 0.194 e. The zero-order valence-electron chi connectivity index (χ0n) is 6.22. The Kier molecular flexibility index (Phi) is 5.36. The molecule has 0 aromatic rings. The molecule has 0 spiro atoms. The van der Waals surface area contributed by atoms with Gasteiger partial charge in [0.25, 0.3) is 0 Å². The van der Waals surface area contributed by atoms with Gasteiger partial charge < -0.3 is 20.4 Å². The summed E-state index contributed by atoms with van der Waals surface area (Å²) in [6, 6.07) is 0. The number of ketones is 1. The lowest BCUT2D eigenvalue weighted by Crippen LogP contribution is -2.42. The number of halogens is 1. The first-order valence-corrected chi connectivity index (χ1v) is 3.82. The molecular formula is C6H11ClO5. The monoisotopic (exact) mass is 198 g/mol. The fraction of sp³-hybridized carbons (Fsp3) is 0.833. The second-order valence-corrected chi connectivity index (χ2v) is 2.58. The van der Waals surface area contributed by atoms with Crippen molar-refractivity contribution >= 4 is 17.4 Å². The van der Waals surface area contributed by atoms with E-state index in [2.05, 4.69) is 0 Å². The number of aliphatic hydroxyl groups excluding tert-OH is 4. The van der Waals surface area contributed by atoms with Gasteiger partial charge >= 0.3 is 0 Å². The molecule has 0 fully saturated rings. The van der Waals surface area contributed by atoms with Crippen molar-refractivity contribution in [1.29, 1.82) is 0 Å². The van der Waals surface area contributed by atoms with Crippen LogP contribution in [-0.2, 0) is 4.79 Å². The van der Waals surface area contributed by atoms with Gasteiger partial charge in [0.1, 0.15) is 18.3 Å². The highest BCUT2D eigenvalue weighted by Crippen LogP contribution is 2.00. The average Bonchev–Trinajstić information content (AvgIpc) is 2.12. The summed E-state index contributed by atoms with van der Waals surface area (Å²) in [6.07, 6.45) is -4.83. The van der Waals surface area contributed by atoms with Crippen LogP contribution < -0.4 is 0 Å². The van der Waals surface area contributed by atoms with Gasteiger partial charge in [0.15, 0.2) is 5.78 Å². The number of rotatable bonds is 5. The third-order valence-electron chi connectivity index (χ3n) is 1.32. The molecule has 6 heteroatoms. The number of hydrogen-bond donors (Lipinski definition) is 4. The van der Waals surface area contributed by atoms with Crippen LogP contribution in [0.1, 0.15) is 0 Å². The molecule has 3 unspecified atom stereocenters. The van der Waals surface area contributed by atoms with Crippen molar-refractivity contribution in [1.82, 2.24) is 0 Å². The fourth-order valence-corrected chi connectivity index (χ4v) is 0.730. The summed E-state index contributed by atoms with van der Waals surface area (Å²) in [7, 11) is 0. The van der Waals surface area contributed by atoms with Crippen LogP contribution in [-0.4, -0.2) is 57.0 Å². The average molecular weight is 199 g/mol. The maximum absolute atomic E-state index is 10.8. The van der Waals surface area contributed by atoms with Crippen LogP contribution in [0, 0.1) is 0 Å². The van der Waals surface area contributed by atoms with E-state index in [1.807, 2.05) is 0 Å². The van der Waals surface area contributed by atoms with E-state index in [1.54, 1.807) is 0 Å².